The van der Waals surface area contributed by atoms with Gasteiger partial charge in [-0.05, 0) is 87.3 Å². The van der Waals surface area contributed by atoms with Crippen molar-refractivity contribution in [2.75, 3.05) is 19.6 Å². The van der Waals surface area contributed by atoms with Gasteiger partial charge in [-0.15, -0.1) is 12.4 Å². The molecular weight excluding hydrogens is 510 g/mol. The van der Waals surface area contributed by atoms with Crippen molar-refractivity contribution in [1.82, 2.24) is 4.90 Å². The third-order valence-corrected chi connectivity index (χ3v) is 8.36. The average Bonchev–Trinajstić information content (AvgIpc) is 2.94. The van der Waals surface area contributed by atoms with E-state index in [2.05, 4.69) is 17.0 Å². The number of halogens is 1. The topological polar surface area (TPSA) is 81.0 Å². The van der Waals surface area contributed by atoms with Crippen molar-refractivity contribution in [2.24, 2.45) is 5.92 Å². The number of aliphatic hydroxyl groups is 2. The Morgan fingerprint density at radius 2 is 1.46 bits per heavy atom. The first-order valence-electron chi connectivity index (χ1n) is 13.8. The minimum atomic E-state index is -0.955. The number of nitrogens with zero attached hydrogens (tertiary/aromatic N) is 1. The maximum Gasteiger partial charge on any atom is 0.313 e. The van der Waals surface area contributed by atoms with Crippen LogP contribution in [0.4, 0.5) is 0 Å². The predicted octanol–water partition coefficient (Wildman–Crippen LogP) is 6.13. The number of carboxylic acids is 1. The molecule has 4 rings (SSSR count). The molecule has 0 bridgehead atoms. The Morgan fingerprint density at radius 3 is 2.03 bits per heavy atom. The van der Waals surface area contributed by atoms with Crippen molar-refractivity contribution >= 4 is 18.4 Å². The van der Waals surface area contributed by atoms with Crippen LogP contribution in [0.1, 0.15) is 67.9 Å². The summed E-state index contributed by atoms with van der Waals surface area (Å²) >= 11 is 0. The molecule has 2 unspecified atom stereocenters. The second kappa shape index (κ2) is 13.6. The van der Waals surface area contributed by atoms with Crippen molar-refractivity contribution in [3.8, 4) is 0 Å². The van der Waals surface area contributed by atoms with E-state index in [1.807, 2.05) is 60.7 Å². The Balaban J connectivity index is 0.00000420. The van der Waals surface area contributed by atoms with E-state index in [0.29, 0.717) is 12.8 Å². The lowest BCUT2D eigenvalue weighted by molar-refractivity contribution is -0.142. The number of hydrogen-bond donors (Lipinski definition) is 3. The Hall–Kier alpha value is -2.70. The molecule has 2 atom stereocenters. The van der Waals surface area contributed by atoms with Gasteiger partial charge in [0, 0.05) is 6.42 Å². The molecule has 0 aromatic heterocycles. The first kappa shape index (κ1) is 30.8. The minimum absolute atomic E-state index is 0. The summed E-state index contributed by atoms with van der Waals surface area (Å²) in [5.41, 5.74) is 1.84. The fourth-order valence-electron chi connectivity index (χ4n) is 5.67. The molecule has 1 fully saturated rings. The van der Waals surface area contributed by atoms with E-state index in [4.69, 9.17) is 0 Å². The van der Waals surface area contributed by atoms with Gasteiger partial charge in [-0.2, -0.15) is 0 Å². The molecule has 210 valence electrons. The summed E-state index contributed by atoms with van der Waals surface area (Å²) < 4.78 is 0. The van der Waals surface area contributed by atoms with Crippen LogP contribution in [-0.2, 0) is 22.2 Å². The van der Waals surface area contributed by atoms with Crippen LogP contribution < -0.4 is 0 Å². The molecule has 6 heteroatoms. The molecule has 0 saturated carbocycles. The summed E-state index contributed by atoms with van der Waals surface area (Å²) in [7, 11) is 0. The fraction of sp³-hybridized carbons (Fsp3) is 0.424. The van der Waals surface area contributed by atoms with Gasteiger partial charge in [0.15, 0.2) is 0 Å². The third kappa shape index (κ3) is 7.49. The van der Waals surface area contributed by atoms with E-state index in [1.165, 1.54) is 0 Å². The maximum absolute atomic E-state index is 12.0. The molecule has 3 aromatic carbocycles. The molecule has 1 aliphatic heterocycles. The molecule has 0 spiro atoms. The van der Waals surface area contributed by atoms with Crippen LogP contribution in [0.15, 0.2) is 84.9 Å². The second-order valence-electron chi connectivity index (χ2n) is 11.3. The Labute approximate surface area is 238 Å². The summed E-state index contributed by atoms with van der Waals surface area (Å²) in [6.45, 7) is 6.16. The number of rotatable bonds is 11. The summed E-state index contributed by atoms with van der Waals surface area (Å²) in [6, 6.07) is 27.7. The standard InChI is InChI=1S/C33H41NO4.ClH/c1-32(2,31(36)37)27-17-15-26(16-18-27)30(35)14-9-21-34-22-19-29(20-23-34)33(38,28-12-7-4-8-13-28)24-25-10-5-3-6-11-25;/h3-8,10-13,15-18,29-30,35,38H,9,14,19-24H2,1-2H3,(H,36,37);1H. The largest absolute Gasteiger partial charge is 0.481 e. The highest BCUT2D eigenvalue weighted by Gasteiger charge is 2.40. The molecule has 5 nitrogen and oxygen atoms in total. The van der Waals surface area contributed by atoms with Gasteiger partial charge in [0.05, 0.1) is 17.1 Å². The first-order valence-corrected chi connectivity index (χ1v) is 13.8. The van der Waals surface area contributed by atoms with Crippen LogP contribution in [0.3, 0.4) is 0 Å². The molecular formula is C33H42ClNO4. The Bertz CT molecular complexity index is 1160. The van der Waals surface area contributed by atoms with Crippen molar-refractivity contribution in [3.05, 3.63) is 107 Å². The molecule has 3 N–H and O–H groups in total. The van der Waals surface area contributed by atoms with Gasteiger partial charge < -0.3 is 20.2 Å². The number of benzene rings is 3. The quantitative estimate of drug-likeness (QED) is 0.267. The number of hydrogen-bond acceptors (Lipinski definition) is 4. The van der Waals surface area contributed by atoms with E-state index in [1.54, 1.807) is 26.0 Å². The van der Waals surface area contributed by atoms with Gasteiger partial charge in [-0.3, -0.25) is 4.79 Å². The fourth-order valence-corrected chi connectivity index (χ4v) is 5.67. The van der Waals surface area contributed by atoms with Gasteiger partial charge in [0.25, 0.3) is 0 Å². The minimum Gasteiger partial charge on any atom is -0.481 e. The summed E-state index contributed by atoms with van der Waals surface area (Å²) in [6.07, 6.45) is 3.44. The van der Waals surface area contributed by atoms with Crippen LogP contribution in [0.2, 0.25) is 0 Å². The lowest BCUT2D eigenvalue weighted by Crippen LogP contribution is -2.45. The zero-order chi connectivity index (χ0) is 27.2. The highest BCUT2D eigenvalue weighted by molar-refractivity contribution is 5.85. The molecule has 1 heterocycles. The monoisotopic (exact) mass is 551 g/mol. The number of piperidine rings is 1. The second-order valence-corrected chi connectivity index (χ2v) is 11.3. The zero-order valence-corrected chi connectivity index (χ0v) is 23.8. The number of carbonyl (C=O) groups is 1. The van der Waals surface area contributed by atoms with Gasteiger partial charge in [-0.25, -0.2) is 0 Å². The molecule has 39 heavy (non-hydrogen) atoms. The number of aliphatic hydroxyl groups excluding tert-OH is 1. The SMILES string of the molecule is CC(C)(C(=O)O)c1ccc(C(O)CCCN2CCC(C(O)(Cc3ccccc3)c3ccccc3)CC2)cc1.Cl. The van der Waals surface area contributed by atoms with Crippen molar-refractivity contribution in [1.29, 1.82) is 0 Å². The van der Waals surface area contributed by atoms with Crippen molar-refractivity contribution in [3.63, 3.8) is 0 Å². The highest BCUT2D eigenvalue weighted by atomic mass is 35.5. The maximum atomic E-state index is 12.0. The van der Waals surface area contributed by atoms with Gasteiger partial charge in [0.2, 0.25) is 0 Å². The van der Waals surface area contributed by atoms with Crippen LogP contribution in [0.5, 0.6) is 0 Å². The lowest BCUT2D eigenvalue weighted by atomic mass is 9.73. The zero-order valence-electron chi connectivity index (χ0n) is 23.0. The van der Waals surface area contributed by atoms with Gasteiger partial charge >= 0.3 is 5.97 Å². The molecule has 1 aliphatic rings. The highest BCUT2D eigenvalue weighted by Crippen LogP contribution is 2.39. The van der Waals surface area contributed by atoms with Gasteiger partial charge in [-0.1, -0.05) is 84.9 Å². The normalized spacial score (nSPS) is 17.1. The number of carboxylic acid groups (broad SMARTS) is 1. The van der Waals surface area contributed by atoms with E-state index in [0.717, 1.165) is 61.2 Å². The smallest absolute Gasteiger partial charge is 0.313 e. The number of aliphatic carboxylic acids is 1. The number of likely N-dealkylation sites (tertiary alicyclic amines) is 1. The van der Waals surface area contributed by atoms with Crippen LogP contribution >= 0.6 is 12.4 Å². The van der Waals surface area contributed by atoms with Gasteiger partial charge in [0.1, 0.15) is 0 Å². The molecule has 3 aromatic rings. The van der Waals surface area contributed by atoms with E-state index in [-0.39, 0.29) is 18.3 Å². The van der Waals surface area contributed by atoms with Crippen LogP contribution in [0, 0.1) is 5.92 Å². The third-order valence-electron chi connectivity index (χ3n) is 8.36. The summed E-state index contributed by atoms with van der Waals surface area (Å²) in [4.78, 5) is 13.9. The first-order chi connectivity index (χ1) is 18.2. The van der Waals surface area contributed by atoms with E-state index in [9.17, 15) is 20.1 Å². The van der Waals surface area contributed by atoms with E-state index < -0.39 is 23.1 Å². The van der Waals surface area contributed by atoms with Crippen molar-refractivity contribution in [2.45, 2.75) is 63.1 Å². The van der Waals surface area contributed by atoms with E-state index >= 15 is 0 Å². The molecule has 0 aliphatic carbocycles. The Kier molecular flexibility index (Phi) is 10.7. The van der Waals surface area contributed by atoms with Crippen molar-refractivity contribution < 1.29 is 20.1 Å². The Morgan fingerprint density at radius 1 is 0.897 bits per heavy atom. The lowest BCUT2D eigenvalue weighted by Gasteiger charge is -2.42. The molecule has 1 saturated heterocycles. The summed E-state index contributed by atoms with van der Waals surface area (Å²) in [5, 5.41) is 32.2. The molecule has 0 amide bonds. The van der Waals surface area contributed by atoms with Crippen LogP contribution in [-0.4, -0.2) is 45.8 Å². The van der Waals surface area contributed by atoms with Crippen LogP contribution in [0.25, 0.3) is 0 Å². The predicted molar refractivity (Wildman–Crippen MR) is 158 cm³/mol. The summed E-state index contributed by atoms with van der Waals surface area (Å²) in [5.74, 6) is -0.683. The molecule has 0 radical (unpaired) electrons. The average molecular weight is 552 g/mol.